The Hall–Kier alpha value is -4.02. The van der Waals surface area contributed by atoms with Crippen molar-refractivity contribution in [2.45, 2.75) is 31.9 Å². The molecule has 0 unspecified atom stereocenters. The Morgan fingerprint density at radius 2 is 1.61 bits per heavy atom. The van der Waals surface area contributed by atoms with Crippen molar-refractivity contribution in [2.24, 2.45) is 0 Å². The van der Waals surface area contributed by atoms with Crippen LogP contribution in [0.3, 0.4) is 0 Å². The highest BCUT2D eigenvalue weighted by Gasteiger charge is 2.22. The second-order valence-electron chi connectivity index (χ2n) is 10.9. The topological polar surface area (TPSA) is 103 Å². The molecule has 44 heavy (non-hydrogen) atoms. The van der Waals surface area contributed by atoms with E-state index in [2.05, 4.69) is 20.9 Å². The Bertz CT molecular complexity index is 1480. The molecule has 1 fully saturated rings. The summed E-state index contributed by atoms with van der Waals surface area (Å²) < 4.78 is 5.75. The Balaban J connectivity index is 0.943. The molecule has 5 rings (SSSR count). The molecular weight excluding hydrogens is 572 g/mol. The van der Waals surface area contributed by atoms with Gasteiger partial charge in [-0.1, -0.05) is 60.7 Å². The number of Topliss-reactive ketones (excluding diaryl/α,β-unsaturated/α-hetero) is 1. The number of carbonyl (C=O) groups is 2. The zero-order chi connectivity index (χ0) is 30.6. The SMILES string of the molecule is O=C(Nc1ccccc1-c1ccccc1)OC1CCN(CCNCC(=O)c2ccc(CNCCc3ccc(O)cc3)s2)CC1. The highest BCUT2D eigenvalue weighted by Crippen LogP contribution is 2.28. The maximum absolute atomic E-state index is 12.7. The predicted octanol–water partition coefficient (Wildman–Crippen LogP) is 5.94. The lowest BCUT2D eigenvalue weighted by Crippen LogP contribution is -2.41. The van der Waals surface area contributed by atoms with Crippen LogP contribution in [0.1, 0.15) is 33.0 Å². The molecule has 8 nitrogen and oxygen atoms in total. The quantitative estimate of drug-likeness (QED) is 0.103. The molecule has 1 aliphatic heterocycles. The van der Waals surface area contributed by atoms with E-state index in [-0.39, 0.29) is 17.6 Å². The molecule has 0 bridgehead atoms. The van der Waals surface area contributed by atoms with Crippen molar-refractivity contribution in [2.75, 3.05) is 44.6 Å². The van der Waals surface area contributed by atoms with Crippen LogP contribution in [-0.2, 0) is 17.7 Å². The number of para-hydroxylation sites is 1. The Morgan fingerprint density at radius 3 is 2.41 bits per heavy atom. The second kappa shape index (κ2) is 16.2. The summed E-state index contributed by atoms with van der Waals surface area (Å²) in [5.41, 5.74) is 3.91. The van der Waals surface area contributed by atoms with Gasteiger partial charge in [0, 0.05) is 43.2 Å². The number of rotatable bonds is 14. The van der Waals surface area contributed by atoms with Gasteiger partial charge < -0.3 is 25.4 Å². The van der Waals surface area contributed by atoms with Gasteiger partial charge in [0.1, 0.15) is 11.9 Å². The van der Waals surface area contributed by atoms with Crippen LogP contribution in [0.25, 0.3) is 11.1 Å². The molecule has 4 N–H and O–H groups in total. The average molecular weight is 613 g/mol. The number of hydrogen-bond donors (Lipinski definition) is 4. The monoisotopic (exact) mass is 612 g/mol. The average Bonchev–Trinajstić information content (AvgIpc) is 3.53. The largest absolute Gasteiger partial charge is 0.508 e. The highest BCUT2D eigenvalue weighted by atomic mass is 32.1. The maximum Gasteiger partial charge on any atom is 0.411 e. The number of hydrogen-bond acceptors (Lipinski definition) is 8. The van der Waals surface area contributed by atoms with E-state index in [1.807, 2.05) is 78.9 Å². The van der Waals surface area contributed by atoms with Gasteiger partial charge in [-0.3, -0.25) is 10.1 Å². The van der Waals surface area contributed by atoms with E-state index in [4.69, 9.17) is 4.74 Å². The molecule has 230 valence electrons. The van der Waals surface area contributed by atoms with Crippen molar-refractivity contribution in [3.8, 4) is 16.9 Å². The Kier molecular flexibility index (Phi) is 11.5. The summed E-state index contributed by atoms with van der Waals surface area (Å²) in [5.74, 6) is 0.389. The molecule has 2 heterocycles. The number of nitrogens with zero attached hydrogens (tertiary/aromatic N) is 1. The number of phenols is 1. The maximum atomic E-state index is 12.7. The number of ketones is 1. The molecule has 1 aliphatic rings. The van der Waals surface area contributed by atoms with Crippen molar-refractivity contribution in [1.29, 1.82) is 0 Å². The number of phenolic OH excluding ortho intramolecular Hbond substituents is 1. The molecule has 9 heteroatoms. The number of piperidine rings is 1. The molecule has 3 aromatic carbocycles. The normalized spacial score (nSPS) is 13.9. The standard InChI is InChI=1S/C35H40N4O4S/c40-28-12-10-26(11-13-28)16-19-36-24-30-14-15-34(44-30)33(41)25-37-20-23-39-21-17-29(18-22-39)43-35(42)38-32-9-5-4-8-31(32)27-6-2-1-3-7-27/h1-15,29,36-37,40H,16-25H2,(H,38,42). The molecular formula is C35H40N4O4S. The summed E-state index contributed by atoms with van der Waals surface area (Å²) in [6, 6.07) is 28.9. The molecule has 0 radical (unpaired) electrons. The van der Waals surface area contributed by atoms with Gasteiger partial charge >= 0.3 is 6.09 Å². The number of likely N-dealkylation sites (tertiary alicyclic amines) is 1. The van der Waals surface area contributed by atoms with E-state index < -0.39 is 6.09 Å². The third-order valence-electron chi connectivity index (χ3n) is 7.71. The Morgan fingerprint density at radius 1 is 0.864 bits per heavy atom. The third kappa shape index (κ3) is 9.49. The van der Waals surface area contributed by atoms with Gasteiger partial charge in [-0.2, -0.15) is 0 Å². The number of amides is 1. The molecule has 1 saturated heterocycles. The van der Waals surface area contributed by atoms with Crippen LogP contribution >= 0.6 is 11.3 Å². The number of aromatic hydroxyl groups is 1. The minimum absolute atomic E-state index is 0.109. The summed E-state index contributed by atoms with van der Waals surface area (Å²) in [7, 11) is 0. The smallest absolute Gasteiger partial charge is 0.411 e. The molecule has 1 aromatic heterocycles. The summed E-state index contributed by atoms with van der Waals surface area (Å²) in [5, 5.41) is 19.0. The summed E-state index contributed by atoms with van der Waals surface area (Å²) in [6.45, 7) is 5.14. The molecule has 0 spiro atoms. The fourth-order valence-corrected chi connectivity index (χ4v) is 6.17. The van der Waals surface area contributed by atoms with Crippen LogP contribution in [0.4, 0.5) is 10.5 Å². The zero-order valence-electron chi connectivity index (χ0n) is 24.8. The first kappa shape index (κ1) is 31.4. The van der Waals surface area contributed by atoms with E-state index in [0.717, 1.165) is 85.1 Å². The number of thiophene rings is 1. The first-order chi connectivity index (χ1) is 21.5. The van der Waals surface area contributed by atoms with Crippen LogP contribution in [0.5, 0.6) is 5.75 Å². The van der Waals surface area contributed by atoms with E-state index in [0.29, 0.717) is 6.54 Å². The van der Waals surface area contributed by atoms with Crippen molar-refractivity contribution in [1.82, 2.24) is 15.5 Å². The summed E-state index contributed by atoms with van der Waals surface area (Å²) in [4.78, 5) is 29.6. The van der Waals surface area contributed by atoms with E-state index in [1.165, 1.54) is 16.9 Å². The number of ether oxygens (including phenoxy) is 1. The van der Waals surface area contributed by atoms with Gasteiger partial charge in [0.05, 0.1) is 17.1 Å². The fraction of sp³-hybridized carbons (Fsp3) is 0.314. The molecule has 0 atom stereocenters. The van der Waals surface area contributed by atoms with Gasteiger partial charge in [0.15, 0.2) is 5.78 Å². The second-order valence-corrected chi connectivity index (χ2v) is 12.1. The van der Waals surface area contributed by atoms with E-state index >= 15 is 0 Å². The van der Waals surface area contributed by atoms with Crippen LogP contribution in [0.15, 0.2) is 91.0 Å². The van der Waals surface area contributed by atoms with E-state index in [9.17, 15) is 14.7 Å². The van der Waals surface area contributed by atoms with Crippen molar-refractivity contribution >= 4 is 28.9 Å². The zero-order valence-corrected chi connectivity index (χ0v) is 25.7. The first-order valence-electron chi connectivity index (χ1n) is 15.2. The first-order valence-corrected chi connectivity index (χ1v) is 16.0. The molecule has 1 amide bonds. The lowest BCUT2D eigenvalue weighted by atomic mass is 10.0. The van der Waals surface area contributed by atoms with Crippen molar-refractivity contribution in [3.05, 3.63) is 106 Å². The molecule has 0 aliphatic carbocycles. The fourth-order valence-electron chi connectivity index (χ4n) is 5.26. The van der Waals surface area contributed by atoms with Crippen LogP contribution in [0, 0.1) is 0 Å². The lowest BCUT2D eigenvalue weighted by molar-refractivity contribution is 0.0593. The molecule has 0 saturated carbocycles. The minimum atomic E-state index is -0.423. The summed E-state index contributed by atoms with van der Waals surface area (Å²) >= 11 is 1.54. The van der Waals surface area contributed by atoms with Gasteiger partial charge in [-0.15, -0.1) is 11.3 Å². The van der Waals surface area contributed by atoms with Crippen molar-refractivity contribution < 1.29 is 19.4 Å². The minimum Gasteiger partial charge on any atom is -0.508 e. The van der Waals surface area contributed by atoms with Gasteiger partial charge in [0.2, 0.25) is 0 Å². The number of anilines is 1. The predicted molar refractivity (Wildman–Crippen MR) is 176 cm³/mol. The third-order valence-corrected chi connectivity index (χ3v) is 8.84. The number of benzene rings is 3. The Labute approximate surface area is 263 Å². The van der Waals surface area contributed by atoms with Gasteiger partial charge in [0.25, 0.3) is 0 Å². The van der Waals surface area contributed by atoms with Crippen LogP contribution < -0.4 is 16.0 Å². The van der Waals surface area contributed by atoms with Crippen LogP contribution in [0.2, 0.25) is 0 Å². The van der Waals surface area contributed by atoms with E-state index in [1.54, 1.807) is 12.1 Å². The van der Waals surface area contributed by atoms with Crippen molar-refractivity contribution in [3.63, 3.8) is 0 Å². The lowest BCUT2D eigenvalue weighted by Gasteiger charge is -2.31. The molecule has 4 aromatic rings. The van der Waals surface area contributed by atoms with Gasteiger partial charge in [-0.25, -0.2) is 4.79 Å². The number of carbonyl (C=O) groups excluding carboxylic acids is 2. The number of nitrogens with one attached hydrogen (secondary N) is 3. The summed E-state index contributed by atoms with van der Waals surface area (Å²) in [6.07, 6.45) is 1.92. The van der Waals surface area contributed by atoms with Crippen LogP contribution in [-0.4, -0.2) is 67.3 Å². The van der Waals surface area contributed by atoms with Gasteiger partial charge in [-0.05, 0) is 67.3 Å². The highest BCUT2D eigenvalue weighted by molar-refractivity contribution is 7.14.